The van der Waals surface area contributed by atoms with Crippen LogP contribution in [-0.4, -0.2) is 139 Å². The third-order valence-corrected chi connectivity index (χ3v) is 16.7. The number of amides is 6. The lowest BCUT2D eigenvalue weighted by Gasteiger charge is -2.62. The first-order valence-corrected chi connectivity index (χ1v) is 27.6. The first-order valence-electron chi connectivity index (χ1n) is 27.6. The van der Waals surface area contributed by atoms with Crippen LogP contribution in [0.4, 0.5) is 24.5 Å². The fourth-order valence-electron chi connectivity index (χ4n) is 12.4. The number of aliphatic hydroxyl groups excluding tert-OH is 1. The second-order valence-corrected chi connectivity index (χ2v) is 22.2. The molecule has 0 aliphatic heterocycles. The molecule has 0 bridgehead atoms. The van der Waals surface area contributed by atoms with Crippen LogP contribution in [0, 0.1) is 46.3 Å². The molecule has 0 heterocycles. The van der Waals surface area contributed by atoms with Crippen molar-refractivity contribution in [1.29, 1.82) is 0 Å². The Labute approximate surface area is 461 Å². The molecule has 434 valence electrons. The zero-order chi connectivity index (χ0) is 57.5. The maximum Gasteiger partial charge on any atom is 0.407 e. The van der Waals surface area contributed by atoms with Gasteiger partial charge in [0.15, 0.2) is 18.1 Å². The smallest absolute Gasteiger partial charge is 0.407 e. The molecule has 1 aromatic carbocycles. The lowest BCUT2D eigenvalue weighted by Crippen LogP contribution is -2.69. The average Bonchev–Trinajstić information content (AvgIpc) is 3.49. The normalized spacial score (nSPS) is 28.5. The Balaban J connectivity index is 0.896. The van der Waals surface area contributed by atoms with Crippen molar-refractivity contribution >= 4 is 53.3 Å². The van der Waals surface area contributed by atoms with E-state index in [1.165, 1.54) is 12.2 Å². The molecule has 0 aromatic heterocycles. The number of esters is 1. The van der Waals surface area contributed by atoms with Crippen LogP contribution < -0.4 is 37.6 Å². The third-order valence-electron chi connectivity index (χ3n) is 16.7. The fraction of sp³-hybridized carbons (Fsp3) is 0.649. The molecule has 0 spiro atoms. The highest BCUT2D eigenvalue weighted by molar-refractivity contribution is 6.01. The maximum atomic E-state index is 17.5. The van der Waals surface area contributed by atoms with Gasteiger partial charge in [-0.1, -0.05) is 63.8 Å². The number of nitrogens with two attached hydrogens (primary N) is 1. The van der Waals surface area contributed by atoms with Gasteiger partial charge in [0.1, 0.15) is 31.0 Å². The van der Waals surface area contributed by atoms with Crippen molar-refractivity contribution in [1.82, 2.24) is 26.6 Å². The van der Waals surface area contributed by atoms with Gasteiger partial charge >= 0.3 is 24.2 Å². The van der Waals surface area contributed by atoms with E-state index in [0.717, 1.165) is 32.1 Å². The molecule has 11 atom stereocenters. The number of anilines is 1. The minimum Gasteiger partial charge on any atom is -0.464 e. The summed E-state index contributed by atoms with van der Waals surface area (Å²) >= 11 is 0. The Morgan fingerprint density at radius 3 is 2.30 bits per heavy atom. The van der Waals surface area contributed by atoms with E-state index in [1.54, 1.807) is 51.1 Å². The van der Waals surface area contributed by atoms with E-state index < -0.39 is 106 Å². The van der Waals surface area contributed by atoms with Crippen molar-refractivity contribution in [2.24, 2.45) is 40.2 Å². The van der Waals surface area contributed by atoms with E-state index in [-0.39, 0.29) is 70.1 Å². The van der Waals surface area contributed by atoms with Gasteiger partial charge in [0.25, 0.3) is 0 Å². The van der Waals surface area contributed by atoms with Crippen molar-refractivity contribution in [3.05, 3.63) is 53.6 Å². The Morgan fingerprint density at radius 2 is 1.59 bits per heavy atom. The number of aliphatic hydroxyl groups is 2. The molecule has 1 unspecified atom stereocenters. The summed E-state index contributed by atoms with van der Waals surface area (Å²) in [4.78, 5) is 102. The van der Waals surface area contributed by atoms with Gasteiger partial charge in [0.2, 0.25) is 17.6 Å². The highest BCUT2D eigenvalue weighted by atomic mass is 19.1. The van der Waals surface area contributed by atoms with E-state index in [4.69, 9.17) is 24.7 Å². The highest BCUT2D eigenvalue weighted by Gasteiger charge is 2.75. The highest BCUT2D eigenvalue weighted by Crippen LogP contribution is 2.70. The number of hydrogen-bond acceptors (Lipinski definition) is 15. The number of hydrogen-bond donors (Lipinski definition) is 9. The summed E-state index contributed by atoms with van der Waals surface area (Å²) in [6.07, 6.45) is 7.17. The number of carbonyl (C=O) groups is 8. The van der Waals surface area contributed by atoms with Gasteiger partial charge in [-0.15, -0.1) is 5.92 Å². The summed E-state index contributed by atoms with van der Waals surface area (Å²) in [6.45, 7) is 8.10. The zero-order valence-corrected chi connectivity index (χ0v) is 46.1. The molecule has 5 aliphatic carbocycles. The number of primary amides is 1. The van der Waals surface area contributed by atoms with E-state index in [0.29, 0.717) is 55.5 Å². The maximum absolute atomic E-state index is 17.5. The molecular formula is C57H80FN7O14. The molecule has 0 saturated heterocycles. The number of nitrogens with one attached hydrogen (secondary N) is 6. The molecule has 22 heteroatoms. The second kappa shape index (κ2) is 27.6. The number of Topliss-reactive ketones (excluding diaryl/α,β-unsaturated/α-hetero) is 1. The monoisotopic (exact) mass is 1110 g/mol. The average molecular weight is 1110 g/mol. The zero-order valence-electron chi connectivity index (χ0n) is 46.1. The summed E-state index contributed by atoms with van der Waals surface area (Å²) in [6, 6.07) is 4.00. The van der Waals surface area contributed by atoms with Gasteiger partial charge in [0.05, 0.1) is 18.8 Å². The summed E-state index contributed by atoms with van der Waals surface area (Å²) < 4.78 is 39.0. The topological polar surface area (TPSA) is 312 Å². The molecule has 1 aromatic rings. The van der Waals surface area contributed by atoms with Crippen LogP contribution in [0.25, 0.3) is 0 Å². The molecule has 79 heavy (non-hydrogen) atoms. The Bertz CT molecular complexity index is 2520. The van der Waals surface area contributed by atoms with Crippen LogP contribution in [-0.2, 0) is 49.5 Å². The van der Waals surface area contributed by atoms with Crippen LogP contribution in [0.2, 0.25) is 0 Å². The van der Waals surface area contributed by atoms with E-state index in [2.05, 4.69) is 43.7 Å². The summed E-state index contributed by atoms with van der Waals surface area (Å²) in [5, 5.41) is 40.0. The van der Waals surface area contributed by atoms with Crippen molar-refractivity contribution in [2.45, 2.75) is 154 Å². The quantitative estimate of drug-likeness (QED) is 0.0285. The predicted molar refractivity (Wildman–Crippen MR) is 287 cm³/mol. The van der Waals surface area contributed by atoms with E-state index in [1.807, 2.05) is 13.8 Å². The standard InChI is InChI=1S/C57H80FN7O14/c1-35(2)48(60-25-12-28-76-47(69)34-77-41-13-9-7-6-8-10-14-41)50(71)65-44(15-11-24-61-51(59)72)49(70)64-39-19-16-37(17-20-39)32-78-52(73)62-26-27-63-53(74)79-33-46(68)57(75)36(3)29-43-42-21-18-38-30-40(66)22-23-54(38,4)56(42,58)45(67)31-55(43,57)5/h16-17,19-20,22-23,30,35-36,41-45,48,60,67,75H,6-9,11-13,15,18,21,24-29,31-34H2,1-5H3,(H,62,73)(H,63,74)(H,64,70)(H,65,71)(H3,59,61,72)/t36-,41?,42+,43+,44+,45+,48+,54+,55+,56+,57+/m1/s1. The number of alkyl halides is 1. The van der Waals surface area contributed by atoms with Gasteiger partial charge in [-0.3, -0.25) is 19.2 Å². The largest absolute Gasteiger partial charge is 0.464 e. The Hall–Kier alpha value is -6.41. The fourth-order valence-corrected chi connectivity index (χ4v) is 12.4. The van der Waals surface area contributed by atoms with Gasteiger partial charge in [-0.25, -0.2) is 23.6 Å². The molecule has 21 nitrogen and oxygen atoms in total. The minimum absolute atomic E-state index is 0.0776. The molecular weight excluding hydrogens is 1030 g/mol. The van der Waals surface area contributed by atoms with Gasteiger partial charge in [-0.2, -0.15) is 0 Å². The number of alkyl carbamates (subject to hydrolysis) is 2. The van der Waals surface area contributed by atoms with Crippen molar-refractivity contribution in [2.75, 3.05) is 51.3 Å². The number of fused-ring (bicyclic) bond motifs is 5. The SMILES string of the molecule is CC(C)[C@H](NCCCOC(=O)COC1C#CCCCCC1)C(=O)N[C@@H](CCCNC(N)=O)C(=O)Nc1ccc(COC(=O)NCCNC(=O)OCC(=O)[C@@]2(O)[C@H](C)C[C@H]3[C@@H]4CCC5=CC(=O)C=C[C@]5(C)[C@@]4(F)[C@@H](O)C[C@@]32C)cc1. The molecule has 6 rings (SSSR count). The molecule has 3 fully saturated rings. The van der Waals surface area contributed by atoms with Gasteiger partial charge < -0.3 is 66.8 Å². The van der Waals surface area contributed by atoms with Crippen molar-refractivity contribution in [3.8, 4) is 11.8 Å². The minimum atomic E-state index is -2.14. The number of ether oxygens (including phenoxy) is 4. The van der Waals surface area contributed by atoms with Crippen molar-refractivity contribution in [3.63, 3.8) is 0 Å². The van der Waals surface area contributed by atoms with Crippen molar-refractivity contribution < 1.29 is 71.9 Å². The van der Waals surface area contributed by atoms with Crippen LogP contribution >= 0.6 is 0 Å². The molecule has 3 saturated carbocycles. The predicted octanol–water partition coefficient (Wildman–Crippen LogP) is 4.33. The lowest BCUT2D eigenvalue weighted by atomic mass is 9.44. The summed E-state index contributed by atoms with van der Waals surface area (Å²) in [7, 11) is 0. The first kappa shape index (κ1) is 61.8. The summed E-state index contributed by atoms with van der Waals surface area (Å²) in [5.41, 5.74) is 0.150. The van der Waals surface area contributed by atoms with Crippen LogP contribution in [0.3, 0.4) is 0 Å². The Morgan fingerprint density at radius 1 is 0.873 bits per heavy atom. The van der Waals surface area contributed by atoms with Gasteiger partial charge in [-0.05, 0) is 125 Å². The third kappa shape index (κ3) is 14.9. The second-order valence-electron chi connectivity index (χ2n) is 22.2. The molecule has 0 radical (unpaired) electrons. The Kier molecular flexibility index (Phi) is 21.6. The number of ketones is 2. The van der Waals surface area contributed by atoms with E-state index >= 15 is 4.39 Å². The summed E-state index contributed by atoms with van der Waals surface area (Å²) in [5.74, 6) is 1.67. The molecule has 10 N–H and O–H groups in total. The number of halogens is 1. The van der Waals surface area contributed by atoms with Gasteiger partial charge in [0, 0.05) is 48.5 Å². The molecule has 6 amide bonds. The number of carbonyl (C=O) groups excluding carboxylic acids is 8. The lowest BCUT2D eigenvalue weighted by molar-refractivity contribution is -0.219. The number of allylic oxidation sites excluding steroid dienone is 4. The number of rotatable bonds is 25. The number of benzene rings is 1. The van der Waals surface area contributed by atoms with Crippen LogP contribution in [0.5, 0.6) is 0 Å². The molecule has 5 aliphatic rings. The number of urea groups is 1. The first-order chi connectivity index (χ1) is 37.5. The van der Waals surface area contributed by atoms with Crippen LogP contribution in [0.1, 0.15) is 117 Å². The van der Waals surface area contributed by atoms with E-state index in [9.17, 15) is 48.6 Å². The van der Waals surface area contributed by atoms with Crippen LogP contribution in [0.15, 0.2) is 48.1 Å².